The Morgan fingerprint density at radius 1 is 0.929 bits per heavy atom. The molecule has 0 spiro atoms. The minimum absolute atomic E-state index is 0.0342. The number of carbonyl (C=O) groups excluding carboxylic acids is 2. The van der Waals surface area contributed by atoms with Gasteiger partial charge in [-0.25, -0.2) is 9.97 Å². The van der Waals surface area contributed by atoms with E-state index < -0.39 is 28.9 Å². The van der Waals surface area contributed by atoms with E-state index in [1.54, 1.807) is 26.2 Å². The predicted molar refractivity (Wildman–Crippen MR) is 217 cm³/mol. The molecule has 56 heavy (non-hydrogen) atoms. The highest BCUT2D eigenvalue weighted by atomic mass is 16.5. The van der Waals surface area contributed by atoms with Gasteiger partial charge in [0.25, 0.3) is 0 Å². The van der Waals surface area contributed by atoms with Gasteiger partial charge in [0.05, 0.1) is 24.5 Å². The van der Waals surface area contributed by atoms with E-state index in [1.807, 2.05) is 6.07 Å². The summed E-state index contributed by atoms with van der Waals surface area (Å²) >= 11 is 0. The summed E-state index contributed by atoms with van der Waals surface area (Å²) in [5, 5.41) is 22.3. The number of ketones is 1. The van der Waals surface area contributed by atoms with E-state index >= 15 is 0 Å². The highest BCUT2D eigenvalue weighted by Crippen LogP contribution is 2.77. The minimum Gasteiger partial charge on any atom is -0.481 e. The average molecular weight is 777 g/mol. The first kappa shape index (κ1) is 42.9. The lowest BCUT2D eigenvalue weighted by molar-refractivity contribution is -0.235. The van der Waals surface area contributed by atoms with Crippen LogP contribution in [0.1, 0.15) is 132 Å². The van der Waals surface area contributed by atoms with Crippen LogP contribution in [0.4, 0.5) is 0 Å². The third kappa shape index (κ3) is 7.09. The molecule has 1 heterocycles. The Morgan fingerprint density at radius 2 is 1.61 bits per heavy atom. The van der Waals surface area contributed by atoms with E-state index in [1.165, 1.54) is 5.57 Å². The molecular weight excluding hydrogens is 705 g/mol. The van der Waals surface area contributed by atoms with Crippen molar-refractivity contribution in [3.63, 3.8) is 0 Å². The quantitative estimate of drug-likeness (QED) is 0.193. The lowest BCUT2D eigenvalue weighted by Gasteiger charge is -2.72. The van der Waals surface area contributed by atoms with Crippen LogP contribution < -0.4 is 0 Å². The third-order valence-electron chi connectivity index (χ3n) is 16.8. The number of hydrogen-bond acceptors (Lipinski definition) is 9. The van der Waals surface area contributed by atoms with Gasteiger partial charge in [-0.15, -0.1) is 0 Å². The highest BCUT2D eigenvalue weighted by Gasteiger charge is 2.71. The van der Waals surface area contributed by atoms with Crippen LogP contribution in [-0.2, 0) is 25.7 Å². The molecule has 4 fully saturated rings. The van der Waals surface area contributed by atoms with Crippen LogP contribution in [0.5, 0.6) is 0 Å². The monoisotopic (exact) mass is 777 g/mol. The second-order valence-electron chi connectivity index (χ2n) is 21.3. The van der Waals surface area contributed by atoms with Crippen LogP contribution in [0.25, 0.3) is 0 Å². The van der Waals surface area contributed by atoms with Gasteiger partial charge in [0.1, 0.15) is 11.9 Å². The summed E-state index contributed by atoms with van der Waals surface area (Å²) in [7, 11) is 4.13. The molecule has 9 unspecified atom stereocenters. The second kappa shape index (κ2) is 15.2. The van der Waals surface area contributed by atoms with Crippen molar-refractivity contribution in [3.05, 3.63) is 35.4 Å². The molecule has 0 saturated heterocycles. The molecule has 9 atom stereocenters. The summed E-state index contributed by atoms with van der Waals surface area (Å²) < 4.78 is 6.19. The molecule has 1 aromatic rings. The summed E-state index contributed by atoms with van der Waals surface area (Å²) in [6.45, 7) is 22.3. The fraction of sp³-hybridized carbons (Fsp3) is 0.804. The molecule has 0 amide bonds. The lowest BCUT2D eigenvalue weighted by atomic mass is 9.33. The first-order valence-corrected chi connectivity index (χ1v) is 21.5. The molecule has 0 radical (unpaired) electrons. The van der Waals surface area contributed by atoms with Crippen molar-refractivity contribution < 1.29 is 29.3 Å². The van der Waals surface area contributed by atoms with E-state index in [0.717, 1.165) is 75.9 Å². The van der Waals surface area contributed by atoms with E-state index in [9.17, 15) is 24.6 Å². The maximum atomic E-state index is 14.3. The third-order valence-corrected chi connectivity index (χ3v) is 16.8. The fourth-order valence-corrected chi connectivity index (χ4v) is 13.5. The predicted octanol–water partition coefficient (Wildman–Crippen LogP) is 7.59. The normalized spacial score (nSPS) is 35.9. The molecule has 312 valence electrons. The zero-order chi connectivity index (χ0) is 41.2. The van der Waals surface area contributed by atoms with Gasteiger partial charge in [-0.05, 0) is 131 Å². The zero-order valence-electron chi connectivity index (χ0n) is 36.4. The van der Waals surface area contributed by atoms with Crippen LogP contribution in [0, 0.1) is 56.2 Å². The Balaban J connectivity index is 1.29. The van der Waals surface area contributed by atoms with E-state index in [-0.39, 0.29) is 51.8 Å². The molecule has 0 aliphatic heterocycles. The summed E-state index contributed by atoms with van der Waals surface area (Å²) in [5.41, 5.74) is 0.328. The number of carbonyl (C=O) groups is 3. The number of hydrogen-bond donors (Lipinski definition) is 2. The number of aliphatic hydroxyl groups excluding tert-OH is 1. The first-order valence-electron chi connectivity index (χ1n) is 21.5. The first-order chi connectivity index (χ1) is 26.0. The molecule has 6 rings (SSSR count). The van der Waals surface area contributed by atoms with Crippen LogP contribution in [0.3, 0.4) is 0 Å². The molecule has 1 aromatic heterocycles. The Morgan fingerprint density at radius 3 is 2.23 bits per heavy atom. The minimum atomic E-state index is -1.17. The summed E-state index contributed by atoms with van der Waals surface area (Å²) in [6.07, 6.45) is 10.6. The standard InChI is InChI=1S/C46H72N4O6/c1-29(2)38-31(51)25-46(34(52)27-50(24-23-49(10)11)28-36-47-21-12-22-48-36)20-19-44(8)30(39(38)46)13-14-33-43(7)17-16-35(56-37(53)26-41(3,4)40(54)55)42(5,6)32(43)15-18-45(33,44)9/h12,21-22,29-30,32-35,52H,13-20,23-28H2,1-11H3,(H,54,55). The van der Waals surface area contributed by atoms with E-state index in [4.69, 9.17) is 4.74 Å². The molecule has 10 nitrogen and oxygen atoms in total. The van der Waals surface area contributed by atoms with Crippen molar-refractivity contribution in [2.24, 2.45) is 56.2 Å². The number of allylic oxidation sites excluding steroid dienone is 1. The average Bonchev–Trinajstić information content (AvgIpc) is 3.42. The lowest BCUT2D eigenvalue weighted by Crippen LogP contribution is -2.66. The zero-order valence-corrected chi connectivity index (χ0v) is 36.4. The van der Waals surface area contributed by atoms with Crippen molar-refractivity contribution in [2.45, 2.75) is 145 Å². The number of ether oxygens (including phenoxy) is 1. The number of esters is 1. The van der Waals surface area contributed by atoms with E-state index in [0.29, 0.717) is 31.3 Å². The van der Waals surface area contributed by atoms with Gasteiger partial charge in [-0.2, -0.15) is 0 Å². The largest absolute Gasteiger partial charge is 0.481 e. The summed E-state index contributed by atoms with van der Waals surface area (Å²) in [6, 6.07) is 1.83. The number of Topliss-reactive ketones (excluding diaryl/α,β-unsaturated/α-hetero) is 1. The number of carboxylic acid groups (broad SMARTS) is 1. The van der Waals surface area contributed by atoms with Crippen LogP contribution in [0.15, 0.2) is 29.6 Å². The van der Waals surface area contributed by atoms with Gasteiger partial charge in [-0.3, -0.25) is 19.3 Å². The number of carboxylic acids is 1. The van der Waals surface area contributed by atoms with Crippen molar-refractivity contribution in [3.8, 4) is 0 Å². The molecule has 0 aromatic carbocycles. The number of fused-ring (bicyclic) bond motifs is 7. The Bertz CT molecular complexity index is 1690. The number of aliphatic carboxylic acids is 1. The number of aromatic nitrogens is 2. The molecule has 10 heteroatoms. The molecule has 5 aliphatic carbocycles. The van der Waals surface area contributed by atoms with Crippen molar-refractivity contribution >= 4 is 17.7 Å². The Labute approximate surface area is 336 Å². The SMILES string of the molecule is CC(C)C1=C2C3CCC4C5(C)CCC(OC(=O)CC(C)(C)C(=O)O)C(C)(C)C5CCC4(C)C3(C)CCC2(C(O)CN(CCN(C)C)Cc2ncccn2)CC1=O. The smallest absolute Gasteiger partial charge is 0.309 e. The number of aliphatic hydroxyl groups is 1. The Kier molecular flexibility index (Phi) is 11.6. The van der Waals surface area contributed by atoms with Gasteiger partial charge >= 0.3 is 11.9 Å². The molecule has 5 aliphatic rings. The molecule has 0 bridgehead atoms. The topological polar surface area (TPSA) is 133 Å². The fourth-order valence-electron chi connectivity index (χ4n) is 13.5. The maximum Gasteiger partial charge on any atom is 0.309 e. The van der Waals surface area contributed by atoms with Crippen molar-refractivity contribution in [1.29, 1.82) is 0 Å². The van der Waals surface area contributed by atoms with Crippen molar-refractivity contribution in [1.82, 2.24) is 19.8 Å². The van der Waals surface area contributed by atoms with Crippen LogP contribution in [-0.4, -0.2) is 93.6 Å². The van der Waals surface area contributed by atoms with Gasteiger partial charge in [0.2, 0.25) is 0 Å². The maximum absolute atomic E-state index is 14.3. The number of nitrogens with zero attached hydrogens (tertiary/aromatic N) is 4. The van der Waals surface area contributed by atoms with Crippen LogP contribution in [0.2, 0.25) is 0 Å². The highest BCUT2D eigenvalue weighted by molar-refractivity contribution is 6.00. The van der Waals surface area contributed by atoms with Gasteiger partial charge in [0.15, 0.2) is 5.78 Å². The van der Waals surface area contributed by atoms with E-state index in [2.05, 4.69) is 82.3 Å². The molecule has 4 saturated carbocycles. The van der Waals surface area contributed by atoms with Gasteiger partial charge in [0, 0.05) is 49.3 Å². The number of rotatable bonds is 13. The number of likely N-dealkylation sites (N-methyl/N-ethyl adjacent to an activating group) is 1. The molecular formula is C46H72N4O6. The summed E-state index contributed by atoms with van der Waals surface area (Å²) in [4.78, 5) is 52.7. The van der Waals surface area contributed by atoms with Crippen molar-refractivity contribution in [2.75, 3.05) is 33.7 Å². The second-order valence-corrected chi connectivity index (χ2v) is 21.3. The van der Waals surface area contributed by atoms with Gasteiger partial charge in [-0.1, -0.05) is 54.0 Å². The Hall–Kier alpha value is -2.69. The van der Waals surface area contributed by atoms with Gasteiger partial charge < -0.3 is 19.8 Å². The van der Waals surface area contributed by atoms with Crippen LogP contribution >= 0.6 is 0 Å². The summed E-state index contributed by atoms with van der Waals surface area (Å²) in [5.74, 6) is 0.708. The molecule has 2 N–H and O–H groups in total.